The number of nitrogens with zero attached hydrogens (tertiary/aromatic N) is 2. The van der Waals surface area contributed by atoms with Gasteiger partial charge in [-0.1, -0.05) is 12.1 Å². The first-order valence-electron chi connectivity index (χ1n) is 3.32. The van der Waals surface area contributed by atoms with Crippen molar-refractivity contribution >= 4 is 5.69 Å². The third-order valence-corrected chi connectivity index (χ3v) is 1.34. The number of hydrogen-bond acceptors (Lipinski definition) is 4. The van der Waals surface area contributed by atoms with E-state index < -0.39 is 9.85 Å². The second-order valence-electron chi connectivity index (χ2n) is 2.27. The maximum Gasteiger partial charge on any atom is 0.308 e. The monoisotopic (exact) mass is 181 g/mol. The molecule has 0 spiro atoms. The molecular formula is C7H5N2O4. The summed E-state index contributed by atoms with van der Waals surface area (Å²) >= 11 is 0. The molecule has 1 aromatic rings. The smallest absolute Gasteiger partial charge is 0.264 e. The van der Waals surface area contributed by atoms with Crippen molar-refractivity contribution < 1.29 is 9.85 Å². The molecule has 0 unspecified atom stereocenters. The molecule has 0 aliphatic heterocycles. The van der Waals surface area contributed by atoms with Crippen molar-refractivity contribution in [2.45, 2.75) is 0 Å². The molecule has 0 saturated carbocycles. The number of nitro groups is 2. The number of rotatable bonds is 3. The molecule has 0 saturated heterocycles. The van der Waals surface area contributed by atoms with Crippen molar-refractivity contribution in [3.63, 3.8) is 0 Å². The van der Waals surface area contributed by atoms with Crippen molar-refractivity contribution in [3.05, 3.63) is 56.6 Å². The number of nitro benzene ring substituents is 1. The molecule has 0 heterocycles. The Hall–Kier alpha value is -1.98. The number of benzene rings is 1. The predicted molar refractivity (Wildman–Crippen MR) is 43.5 cm³/mol. The largest absolute Gasteiger partial charge is 0.308 e. The third-order valence-electron chi connectivity index (χ3n) is 1.34. The Labute approximate surface area is 73.1 Å². The molecule has 0 bridgehead atoms. The van der Waals surface area contributed by atoms with E-state index in [9.17, 15) is 20.2 Å². The molecule has 0 aliphatic carbocycles. The SMILES string of the molecule is O=[N+]([O-])[CH]c1cccc([N+](=O)[O-])c1. The first kappa shape index (κ1) is 9.11. The average Bonchev–Trinajstić information content (AvgIpc) is 2.03. The molecule has 1 rings (SSSR count). The first-order chi connectivity index (χ1) is 6.09. The van der Waals surface area contributed by atoms with E-state index in [1.807, 2.05) is 0 Å². The zero-order chi connectivity index (χ0) is 9.84. The summed E-state index contributed by atoms with van der Waals surface area (Å²) in [4.78, 5) is 19.0. The lowest BCUT2D eigenvalue weighted by Crippen LogP contribution is -1.96. The van der Waals surface area contributed by atoms with Gasteiger partial charge in [-0.15, -0.1) is 0 Å². The van der Waals surface area contributed by atoms with Crippen LogP contribution in [0.3, 0.4) is 0 Å². The second-order valence-corrected chi connectivity index (χ2v) is 2.27. The molecule has 1 radical (unpaired) electrons. The molecule has 67 valence electrons. The van der Waals surface area contributed by atoms with Gasteiger partial charge in [-0.05, 0) is 0 Å². The molecule has 0 atom stereocenters. The second kappa shape index (κ2) is 3.61. The Bertz CT molecular complexity index is 350. The zero-order valence-corrected chi connectivity index (χ0v) is 6.41. The highest BCUT2D eigenvalue weighted by Crippen LogP contribution is 2.14. The van der Waals surface area contributed by atoms with Crippen LogP contribution in [0.1, 0.15) is 5.56 Å². The highest BCUT2D eigenvalue weighted by Gasteiger charge is 2.09. The van der Waals surface area contributed by atoms with Crippen LogP contribution in [0.5, 0.6) is 0 Å². The van der Waals surface area contributed by atoms with Crippen molar-refractivity contribution in [2.75, 3.05) is 0 Å². The fourth-order valence-electron chi connectivity index (χ4n) is 0.840. The van der Waals surface area contributed by atoms with Gasteiger partial charge in [0.1, 0.15) is 0 Å². The van der Waals surface area contributed by atoms with Gasteiger partial charge in [0.25, 0.3) is 5.69 Å². The summed E-state index contributed by atoms with van der Waals surface area (Å²) in [5, 5.41) is 20.3. The molecule has 0 N–H and O–H groups in total. The van der Waals surface area contributed by atoms with Crippen LogP contribution in [0, 0.1) is 26.8 Å². The Morgan fingerprint density at radius 2 is 1.92 bits per heavy atom. The van der Waals surface area contributed by atoms with E-state index in [-0.39, 0.29) is 11.3 Å². The van der Waals surface area contributed by atoms with Gasteiger partial charge in [0, 0.05) is 22.6 Å². The average molecular weight is 181 g/mol. The standard InChI is InChI=1S/C7H5N2O4/c10-8(11)5-6-2-1-3-7(4-6)9(12)13/h1-5H. The van der Waals surface area contributed by atoms with Crippen LogP contribution < -0.4 is 0 Å². The van der Waals surface area contributed by atoms with Gasteiger partial charge in [-0.2, -0.15) is 0 Å². The lowest BCUT2D eigenvalue weighted by atomic mass is 10.2. The van der Waals surface area contributed by atoms with Crippen molar-refractivity contribution in [3.8, 4) is 0 Å². The molecular weight excluding hydrogens is 176 g/mol. The molecule has 0 amide bonds. The maximum absolute atomic E-state index is 10.3. The van der Waals surface area contributed by atoms with Crippen LogP contribution in [-0.2, 0) is 0 Å². The lowest BCUT2D eigenvalue weighted by molar-refractivity contribution is -0.429. The normalized spacial score (nSPS) is 9.54. The Kier molecular flexibility index (Phi) is 2.53. The van der Waals surface area contributed by atoms with Crippen LogP contribution in [-0.4, -0.2) is 9.85 Å². The van der Waals surface area contributed by atoms with Gasteiger partial charge in [0.15, 0.2) is 0 Å². The highest BCUT2D eigenvalue weighted by molar-refractivity contribution is 5.36. The molecule has 0 fully saturated rings. The zero-order valence-electron chi connectivity index (χ0n) is 6.41. The van der Waals surface area contributed by atoms with E-state index >= 15 is 0 Å². The van der Waals surface area contributed by atoms with Crippen LogP contribution in [0.15, 0.2) is 24.3 Å². The van der Waals surface area contributed by atoms with Gasteiger partial charge in [0.05, 0.1) is 4.92 Å². The molecule has 0 aromatic heterocycles. The minimum absolute atomic E-state index is 0.157. The first-order valence-corrected chi connectivity index (χ1v) is 3.32. The third kappa shape index (κ3) is 2.51. The van der Waals surface area contributed by atoms with Crippen LogP contribution in [0.4, 0.5) is 5.69 Å². The molecule has 13 heavy (non-hydrogen) atoms. The minimum atomic E-state index is -0.654. The van der Waals surface area contributed by atoms with Gasteiger partial charge >= 0.3 is 6.54 Å². The van der Waals surface area contributed by atoms with Gasteiger partial charge in [0.2, 0.25) is 0 Å². The summed E-state index contributed by atoms with van der Waals surface area (Å²) in [7, 11) is 0. The topological polar surface area (TPSA) is 86.3 Å². The van der Waals surface area contributed by atoms with E-state index in [4.69, 9.17) is 0 Å². The Morgan fingerprint density at radius 1 is 1.23 bits per heavy atom. The fourth-order valence-corrected chi connectivity index (χ4v) is 0.840. The van der Waals surface area contributed by atoms with E-state index in [0.717, 1.165) is 6.07 Å². The summed E-state index contributed by atoms with van der Waals surface area (Å²) in [6, 6.07) is 5.24. The summed E-state index contributed by atoms with van der Waals surface area (Å²) in [6.45, 7) is 0.715. The van der Waals surface area contributed by atoms with E-state index in [1.165, 1.54) is 18.2 Å². The Balaban J connectivity index is 2.91. The molecule has 6 heteroatoms. The van der Waals surface area contributed by atoms with E-state index in [1.54, 1.807) is 0 Å². The van der Waals surface area contributed by atoms with E-state index in [0.29, 0.717) is 6.54 Å². The summed E-state index contributed by atoms with van der Waals surface area (Å²) in [5.41, 5.74) is 0.0507. The van der Waals surface area contributed by atoms with Crippen molar-refractivity contribution in [1.29, 1.82) is 0 Å². The lowest BCUT2D eigenvalue weighted by Gasteiger charge is -1.93. The van der Waals surface area contributed by atoms with Gasteiger partial charge in [-0.25, -0.2) is 0 Å². The fraction of sp³-hybridized carbons (Fsp3) is 0. The molecule has 1 aromatic carbocycles. The number of hydrogen-bond donors (Lipinski definition) is 0. The van der Waals surface area contributed by atoms with Gasteiger partial charge < -0.3 is 0 Å². The van der Waals surface area contributed by atoms with E-state index in [2.05, 4.69) is 0 Å². The predicted octanol–water partition coefficient (Wildman–Crippen LogP) is 1.38. The molecule has 6 nitrogen and oxygen atoms in total. The highest BCUT2D eigenvalue weighted by atomic mass is 16.6. The van der Waals surface area contributed by atoms with Crippen LogP contribution in [0.25, 0.3) is 0 Å². The summed E-state index contributed by atoms with van der Waals surface area (Å²) < 4.78 is 0. The van der Waals surface area contributed by atoms with Crippen molar-refractivity contribution in [2.24, 2.45) is 0 Å². The van der Waals surface area contributed by atoms with Crippen molar-refractivity contribution in [1.82, 2.24) is 0 Å². The molecule has 0 aliphatic rings. The quantitative estimate of drug-likeness (QED) is 0.520. The summed E-state index contributed by atoms with van der Waals surface area (Å²) in [6.07, 6.45) is 0. The van der Waals surface area contributed by atoms with Gasteiger partial charge in [-0.3, -0.25) is 20.2 Å². The minimum Gasteiger partial charge on any atom is -0.264 e. The summed E-state index contributed by atoms with van der Waals surface area (Å²) in [5.74, 6) is 0. The van der Waals surface area contributed by atoms with Crippen LogP contribution in [0.2, 0.25) is 0 Å². The van der Waals surface area contributed by atoms with Crippen LogP contribution >= 0.6 is 0 Å². The Morgan fingerprint density at radius 3 is 2.46 bits per heavy atom. The maximum atomic E-state index is 10.3. The number of non-ortho nitro benzene ring substituents is 1.